The average Bonchev–Trinajstić information content (AvgIpc) is 2.93. The van der Waals surface area contributed by atoms with E-state index in [-0.39, 0.29) is 5.82 Å². The number of rotatable bonds is 5. The Morgan fingerprint density at radius 1 is 1.09 bits per heavy atom. The second-order valence-corrected chi connectivity index (χ2v) is 6.96. The Morgan fingerprint density at radius 3 is 2.55 bits per heavy atom. The number of carbonyl (C=O) groups is 1. The van der Waals surface area contributed by atoms with E-state index in [1.807, 2.05) is 19.1 Å². The summed E-state index contributed by atoms with van der Waals surface area (Å²) in [6, 6.07) is 14.6. The van der Waals surface area contributed by atoms with Crippen molar-refractivity contribution >= 4 is 28.4 Å². The summed E-state index contributed by atoms with van der Waals surface area (Å²) in [5, 5.41) is 4.57. The number of hydrogen-bond donors (Lipinski definition) is 0. The molecule has 3 aromatic rings. The fraction of sp³-hybridized carbons (Fsp3) is 0.211. The van der Waals surface area contributed by atoms with Crippen LogP contribution in [0, 0.1) is 11.2 Å². The van der Waals surface area contributed by atoms with E-state index in [0.717, 1.165) is 11.8 Å². The molecule has 22 heavy (non-hydrogen) atoms. The molecule has 1 nitrogen and oxygen atoms in total. The predicted octanol–water partition coefficient (Wildman–Crippen LogP) is 5.03. The van der Waals surface area contributed by atoms with Crippen LogP contribution in [0.1, 0.15) is 17.4 Å². The smallest absolute Gasteiger partial charge is 0.126 e. The minimum absolute atomic E-state index is 0.249. The van der Waals surface area contributed by atoms with Crippen molar-refractivity contribution in [1.29, 1.82) is 0 Å². The minimum Gasteiger partial charge on any atom is -0.303 e. The highest BCUT2D eigenvalue weighted by molar-refractivity contribution is 7.11. The van der Waals surface area contributed by atoms with Gasteiger partial charge in [-0.15, -0.1) is 11.3 Å². The SMILES string of the molecule is CC(C=O)(Cc1ccc(F)cc1)Cc1scc2ccccc12. The Labute approximate surface area is 133 Å². The molecule has 1 aromatic heterocycles. The van der Waals surface area contributed by atoms with Gasteiger partial charge in [-0.3, -0.25) is 0 Å². The zero-order valence-electron chi connectivity index (χ0n) is 12.4. The highest BCUT2D eigenvalue weighted by atomic mass is 32.1. The normalized spacial score (nSPS) is 13.9. The third-order valence-corrected chi connectivity index (χ3v) is 4.98. The van der Waals surface area contributed by atoms with Gasteiger partial charge in [0.05, 0.1) is 0 Å². The molecule has 0 aliphatic carbocycles. The van der Waals surface area contributed by atoms with E-state index in [4.69, 9.17) is 0 Å². The lowest BCUT2D eigenvalue weighted by molar-refractivity contribution is -0.115. The molecule has 2 aromatic carbocycles. The molecule has 1 heterocycles. The zero-order chi connectivity index (χ0) is 15.6. The monoisotopic (exact) mass is 312 g/mol. The van der Waals surface area contributed by atoms with Crippen molar-refractivity contribution in [3.63, 3.8) is 0 Å². The molecular formula is C19H17FOS. The van der Waals surface area contributed by atoms with Crippen LogP contribution in [0.15, 0.2) is 53.9 Å². The molecule has 1 atom stereocenters. The summed E-state index contributed by atoms with van der Waals surface area (Å²) < 4.78 is 13.0. The topological polar surface area (TPSA) is 17.1 Å². The van der Waals surface area contributed by atoms with E-state index in [0.29, 0.717) is 12.8 Å². The number of fused-ring (bicyclic) bond motifs is 1. The van der Waals surface area contributed by atoms with Gasteiger partial charge in [0.15, 0.2) is 0 Å². The molecule has 0 aliphatic rings. The third-order valence-electron chi connectivity index (χ3n) is 3.96. The summed E-state index contributed by atoms with van der Waals surface area (Å²) in [7, 11) is 0. The third kappa shape index (κ3) is 3.09. The van der Waals surface area contributed by atoms with Crippen molar-refractivity contribution in [3.8, 4) is 0 Å². The Balaban J connectivity index is 1.86. The summed E-state index contributed by atoms with van der Waals surface area (Å²) in [4.78, 5) is 12.9. The van der Waals surface area contributed by atoms with Crippen LogP contribution < -0.4 is 0 Å². The number of aldehydes is 1. The van der Waals surface area contributed by atoms with Crippen LogP contribution in [0.25, 0.3) is 10.8 Å². The van der Waals surface area contributed by atoms with Crippen LogP contribution in [-0.2, 0) is 17.6 Å². The minimum atomic E-state index is -0.481. The predicted molar refractivity (Wildman–Crippen MR) is 89.8 cm³/mol. The van der Waals surface area contributed by atoms with Crippen molar-refractivity contribution in [2.45, 2.75) is 19.8 Å². The molecule has 0 saturated heterocycles. The molecule has 0 N–H and O–H groups in total. The van der Waals surface area contributed by atoms with Crippen molar-refractivity contribution < 1.29 is 9.18 Å². The second-order valence-electron chi connectivity index (χ2n) is 6.00. The highest BCUT2D eigenvalue weighted by Gasteiger charge is 2.26. The fourth-order valence-electron chi connectivity index (χ4n) is 2.77. The first kappa shape index (κ1) is 14.9. The van der Waals surface area contributed by atoms with E-state index < -0.39 is 5.41 Å². The molecule has 0 bridgehead atoms. The number of halogens is 1. The van der Waals surface area contributed by atoms with Gasteiger partial charge >= 0.3 is 0 Å². The van der Waals surface area contributed by atoms with Crippen molar-refractivity contribution in [2.75, 3.05) is 0 Å². The lowest BCUT2D eigenvalue weighted by Gasteiger charge is -2.22. The first-order chi connectivity index (χ1) is 10.6. The lowest BCUT2D eigenvalue weighted by Crippen LogP contribution is -2.24. The maximum atomic E-state index is 13.0. The van der Waals surface area contributed by atoms with Gasteiger partial charge in [-0.1, -0.05) is 43.3 Å². The van der Waals surface area contributed by atoms with Crippen LogP contribution in [0.3, 0.4) is 0 Å². The maximum Gasteiger partial charge on any atom is 0.126 e. The average molecular weight is 312 g/mol. The summed E-state index contributed by atoms with van der Waals surface area (Å²) in [5.74, 6) is -0.249. The Morgan fingerprint density at radius 2 is 1.82 bits per heavy atom. The van der Waals surface area contributed by atoms with E-state index in [2.05, 4.69) is 17.5 Å². The van der Waals surface area contributed by atoms with E-state index in [1.165, 1.54) is 27.8 Å². The van der Waals surface area contributed by atoms with Gasteiger partial charge in [0.25, 0.3) is 0 Å². The Kier molecular flexibility index (Phi) is 4.08. The maximum absolute atomic E-state index is 13.0. The molecule has 0 radical (unpaired) electrons. The van der Waals surface area contributed by atoms with E-state index in [9.17, 15) is 9.18 Å². The van der Waals surface area contributed by atoms with Crippen LogP contribution >= 0.6 is 11.3 Å². The number of carbonyl (C=O) groups excluding carboxylic acids is 1. The van der Waals surface area contributed by atoms with E-state index >= 15 is 0 Å². The first-order valence-corrected chi connectivity index (χ1v) is 8.13. The molecule has 112 valence electrons. The van der Waals surface area contributed by atoms with Gasteiger partial charge < -0.3 is 4.79 Å². The van der Waals surface area contributed by atoms with Gasteiger partial charge in [-0.25, -0.2) is 4.39 Å². The van der Waals surface area contributed by atoms with Crippen LogP contribution in [-0.4, -0.2) is 6.29 Å². The summed E-state index contributed by atoms with van der Waals surface area (Å²) in [5.41, 5.74) is 0.503. The number of thiophene rings is 1. The van der Waals surface area contributed by atoms with Gasteiger partial charge in [0, 0.05) is 10.3 Å². The van der Waals surface area contributed by atoms with Crippen molar-refractivity contribution in [3.05, 3.63) is 70.2 Å². The molecule has 0 spiro atoms. The summed E-state index contributed by atoms with van der Waals surface area (Å²) in [6.07, 6.45) is 2.35. The molecule has 0 aliphatic heterocycles. The molecular weight excluding hydrogens is 295 g/mol. The fourth-order valence-corrected chi connectivity index (χ4v) is 3.97. The van der Waals surface area contributed by atoms with Crippen LogP contribution in [0.2, 0.25) is 0 Å². The Hall–Kier alpha value is -2.00. The summed E-state index contributed by atoms with van der Waals surface area (Å²) in [6.45, 7) is 1.97. The molecule has 3 rings (SSSR count). The van der Waals surface area contributed by atoms with Crippen LogP contribution in [0.5, 0.6) is 0 Å². The van der Waals surface area contributed by atoms with Gasteiger partial charge in [0.2, 0.25) is 0 Å². The largest absolute Gasteiger partial charge is 0.303 e. The number of benzene rings is 2. The molecule has 3 heteroatoms. The molecule has 0 fully saturated rings. The number of hydrogen-bond acceptors (Lipinski definition) is 2. The Bertz CT molecular complexity index is 791. The van der Waals surface area contributed by atoms with E-state index in [1.54, 1.807) is 23.5 Å². The van der Waals surface area contributed by atoms with Crippen molar-refractivity contribution in [2.24, 2.45) is 5.41 Å². The van der Waals surface area contributed by atoms with Crippen molar-refractivity contribution in [1.82, 2.24) is 0 Å². The molecule has 1 unspecified atom stereocenters. The van der Waals surface area contributed by atoms with Gasteiger partial charge in [-0.2, -0.15) is 0 Å². The van der Waals surface area contributed by atoms with Gasteiger partial charge in [-0.05, 0) is 46.7 Å². The highest BCUT2D eigenvalue weighted by Crippen LogP contribution is 2.33. The standard InChI is InChI=1S/C19H17FOS/c1-19(13-21,10-14-6-8-16(20)9-7-14)11-18-17-5-3-2-4-15(17)12-22-18/h2-9,12-13H,10-11H2,1H3. The first-order valence-electron chi connectivity index (χ1n) is 7.25. The quantitative estimate of drug-likeness (QED) is 0.604. The molecule has 0 saturated carbocycles. The molecule has 0 amide bonds. The second kappa shape index (κ2) is 6.01. The van der Waals surface area contributed by atoms with Gasteiger partial charge in [0.1, 0.15) is 12.1 Å². The zero-order valence-corrected chi connectivity index (χ0v) is 13.2. The van der Waals surface area contributed by atoms with Crippen LogP contribution in [0.4, 0.5) is 4.39 Å². The summed E-state index contributed by atoms with van der Waals surface area (Å²) >= 11 is 1.70. The lowest BCUT2D eigenvalue weighted by atomic mass is 9.81.